The van der Waals surface area contributed by atoms with E-state index in [9.17, 15) is 13.6 Å². The third-order valence-corrected chi connectivity index (χ3v) is 5.53. The number of halogens is 3. The van der Waals surface area contributed by atoms with Crippen LogP contribution in [0.15, 0.2) is 47.7 Å². The van der Waals surface area contributed by atoms with Crippen molar-refractivity contribution in [3.8, 4) is 11.1 Å². The zero-order chi connectivity index (χ0) is 25.1. The Labute approximate surface area is 202 Å². The van der Waals surface area contributed by atoms with Crippen molar-refractivity contribution in [1.29, 1.82) is 0 Å². The van der Waals surface area contributed by atoms with Gasteiger partial charge in [-0.15, -0.1) is 5.10 Å². The van der Waals surface area contributed by atoms with Crippen LogP contribution >= 0.6 is 0 Å². The molecule has 1 saturated heterocycles. The second kappa shape index (κ2) is 10.2. The molecular formula is C23H20F3N7O3. The van der Waals surface area contributed by atoms with Gasteiger partial charge in [-0.05, 0) is 12.1 Å². The number of benzene rings is 1. The SMILES string of the molecule is O=C1O[C@@H](COC2=NCC=C2)CN1c1cc(F)c(-c2ccc(CNCc3cnn[nH]3)nc2)c(F)c1F. The minimum Gasteiger partial charge on any atom is -0.474 e. The maximum Gasteiger partial charge on any atom is 0.414 e. The van der Waals surface area contributed by atoms with Crippen molar-refractivity contribution in [2.45, 2.75) is 19.2 Å². The van der Waals surface area contributed by atoms with E-state index < -0.39 is 40.9 Å². The molecular weight excluding hydrogens is 479 g/mol. The minimum atomic E-state index is -1.43. The molecule has 1 atom stereocenters. The summed E-state index contributed by atoms with van der Waals surface area (Å²) >= 11 is 0. The number of aromatic amines is 1. The molecule has 2 aliphatic rings. The Hall–Kier alpha value is -4.26. The molecule has 0 unspecified atom stereocenters. The van der Waals surface area contributed by atoms with Gasteiger partial charge in [0, 0.05) is 30.9 Å². The van der Waals surface area contributed by atoms with E-state index in [1.54, 1.807) is 24.4 Å². The van der Waals surface area contributed by atoms with Gasteiger partial charge in [0.2, 0.25) is 5.90 Å². The maximum absolute atomic E-state index is 15.0. The van der Waals surface area contributed by atoms with Gasteiger partial charge in [-0.25, -0.2) is 23.0 Å². The van der Waals surface area contributed by atoms with Crippen LogP contribution in [0.2, 0.25) is 0 Å². The van der Waals surface area contributed by atoms with Crippen LogP contribution in [-0.4, -0.2) is 58.2 Å². The Bertz CT molecular complexity index is 1310. The van der Waals surface area contributed by atoms with E-state index in [2.05, 4.69) is 30.7 Å². The summed E-state index contributed by atoms with van der Waals surface area (Å²) < 4.78 is 55.6. The molecule has 1 fully saturated rings. The van der Waals surface area contributed by atoms with Crippen molar-refractivity contribution in [2.75, 3.05) is 24.6 Å². The topological polar surface area (TPSA) is 118 Å². The predicted molar refractivity (Wildman–Crippen MR) is 121 cm³/mol. The van der Waals surface area contributed by atoms with Crippen molar-refractivity contribution >= 4 is 17.7 Å². The highest BCUT2D eigenvalue weighted by atomic mass is 19.2. The molecule has 0 saturated carbocycles. The lowest BCUT2D eigenvalue weighted by atomic mass is 10.0. The number of amides is 1. The Kier molecular flexibility index (Phi) is 6.62. The largest absolute Gasteiger partial charge is 0.474 e. The van der Waals surface area contributed by atoms with Crippen molar-refractivity contribution in [3.63, 3.8) is 0 Å². The van der Waals surface area contributed by atoms with E-state index in [0.717, 1.165) is 16.7 Å². The lowest BCUT2D eigenvalue weighted by molar-refractivity contribution is 0.101. The number of carbonyl (C=O) groups is 1. The summed E-state index contributed by atoms with van der Waals surface area (Å²) in [6, 6.07) is 3.79. The van der Waals surface area contributed by atoms with Crippen LogP contribution in [0.5, 0.6) is 0 Å². The van der Waals surface area contributed by atoms with E-state index in [1.807, 2.05) is 0 Å². The summed E-state index contributed by atoms with van der Waals surface area (Å²) in [5.41, 5.74) is 0.313. The molecule has 4 heterocycles. The third kappa shape index (κ3) is 4.91. The van der Waals surface area contributed by atoms with Gasteiger partial charge < -0.3 is 14.8 Å². The standard InChI is InChI=1S/C23H20F3N7O3/c24-17-6-18(33-11-16(36-23(33)34)12-35-19-2-1-5-28-19)21(25)22(26)20(17)13-3-4-14(29-7-13)8-27-9-15-10-30-32-31-15/h1-4,6-7,10,16,27H,5,8-9,11-12H2,(H,30,31,32)/t16-/m1/s1. The van der Waals surface area contributed by atoms with Gasteiger partial charge in [0.05, 0.1) is 41.9 Å². The molecule has 0 spiro atoms. The van der Waals surface area contributed by atoms with E-state index in [4.69, 9.17) is 9.47 Å². The number of aliphatic imine (C=N–C) groups is 1. The lowest BCUT2D eigenvalue weighted by Crippen LogP contribution is -2.27. The Morgan fingerprint density at radius 3 is 2.81 bits per heavy atom. The summed E-state index contributed by atoms with van der Waals surface area (Å²) in [6.07, 6.45) is 4.62. The first-order chi connectivity index (χ1) is 17.5. The number of anilines is 1. The van der Waals surface area contributed by atoms with Crippen LogP contribution in [0, 0.1) is 17.5 Å². The Balaban J connectivity index is 1.27. The van der Waals surface area contributed by atoms with Gasteiger partial charge in [-0.1, -0.05) is 17.4 Å². The molecule has 2 aromatic heterocycles. The number of nitrogens with one attached hydrogen (secondary N) is 2. The number of pyridine rings is 1. The normalized spacial score (nSPS) is 17.0. The monoisotopic (exact) mass is 499 g/mol. The predicted octanol–water partition coefficient (Wildman–Crippen LogP) is 2.88. The molecule has 5 rings (SSSR count). The third-order valence-electron chi connectivity index (χ3n) is 5.53. The average molecular weight is 499 g/mol. The fourth-order valence-electron chi connectivity index (χ4n) is 3.78. The summed E-state index contributed by atoms with van der Waals surface area (Å²) in [7, 11) is 0. The first-order valence-corrected chi connectivity index (χ1v) is 11.0. The first-order valence-electron chi connectivity index (χ1n) is 11.0. The number of carbonyl (C=O) groups excluding carboxylic acids is 1. The zero-order valence-corrected chi connectivity index (χ0v) is 18.7. The molecule has 0 aliphatic carbocycles. The second-order valence-electron chi connectivity index (χ2n) is 8.01. The molecule has 186 valence electrons. The summed E-state index contributed by atoms with van der Waals surface area (Å²) in [5, 5.41) is 13.1. The van der Waals surface area contributed by atoms with Crippen molar-refractivity contribution in [3.05, 3.63) is 71.6 Å². The molecule has 1 amide bonds. The van der Waals surface area contributed by atoms with Crippen molar-refractivity contribution in [1.82, 2.24) is 25.7 Å². The number of aromatic nitrogens is 4. The molecule has 13 heteroatoms. The number of H-pyrrole nitrogens is 1. The fraction of sp³-hybridized carbons (Fsp3) is 0.261. The van der Waals surface area contributed by atoms with Crippen LogP contribution in [0.3, 0.4) is 0 Å². The van der Waals surface area contributed by atoms with Gasteiger partial charge in [-0.3, -0.25) is 15.0 Å². The summed E-state index contributed by atoms with van der Waals surface area (Å²) in [5.74, 6) is -3.45. The van der Waals surface area contributed by atoms with Gasteiger partial charge >= 0.3 is 6.09 Å². The minimum absolute atomic E-state index is 0.0261. The smallest absolute Gasteiger partial charge is 0.414 e. The fourth-order valence-corrected chi connectivity index (χ4v) is 3.78. The molecule has 2 aliphatic heterocycles. The quantitative estimate of drug-likeness (QED) is 0.458. The van der Waals surface area contributed by atoms with Gasteiger partial charge in [0.1, 0.15) is 12.4 Å². The van der Waals surface area contributed by atoms with Crippen LogP contribution in [0.4, 0.5) is 23.7 Å². The number of cyclic esters (lactones) is 1. The van der Waals surface area contributed by atoms with E-state index in [1.165, 1.54) is 12.3 Å². The van der Waals surface area contributed by atoms with Crippen LogP contribution in [0.25, 0.3) is 11.1 Å². The van der Waals surface area contributed by atoms with Crippen molar-refractivity contribution in [2.24, 2.45) is 4.99 Å². The number of hydrogen-bond donors (Lipinski definition) is 2. The molecule has 0 bridgehead atoms. The van der Waals surface area contributed by atoms with Gasteiger partial charge in [0.15, 0.2) is 17.7 Å². The van der Waals surface area contributed by atoms with Crippen LogP contribution in [0.1, 0.15) is 11.4 Å². The molecule has 36 heavy (non-hydrogen) atoms. The number of rotatable bonds is 8. The number of hydrogen-bond acceptors (Lipinski definition) is 8. The van der Waals surface area contributed by atoms with Crippen molar-refractivity contribution < 1.29 is 27.4 Å². The average Bonchev–Trinajstić information content (AvgIpc) is 3.64. The molecule has 3 aromatic rings. The number of ether oxygens (including phenoxy) is 2. The lowest BCUT2D eigenvalue weighted by Gasteiger charge is -2.17. The second-order valence-corrected chi connectivity index (χ2v) is 8.01. The highest BCUT2D eigenvalue weighted by Crippen LogP contribution is 2.34. The Morgan fingerprint density at radius 2 is 2.08 bits per heavy atom. The molecule has 2 N–H and O–H groups in total. The van der Waals surface area contributed by atoms with Crippen LogP contribution in [-0.2, 0) is 22.6 Å². The van der Waals surface area contributed by atoms with Gasteiger partial charge in [0.25, 0.3) is 0 Å². The molecule has 1 aromatic carbocycles. The molecule has 10 nitrogen and oxygen atoms in total. The summed E-state index contributed by atoms with van der Waals surface area (Å²) in [4.78, 5) is 21.4. The van der Waals surface area contributed by atoms with Crippen LogP contribution < -0.4 is 10.2 Å². The Morgan fingerprint density at radius 1 is 1.19 bits per heavy atom. The van der Waals surface area contributed by atoms with E-state index >= 15 is 4.39 Å². The highest BCUT2D eigenvalue weighted by molar-refractivity contribution is 5.91. The molecule has 0 radical (unpaired) electrons. The number of nitrogens with zero attached hydrogens (tertiary/aromatic N) is 5. The zero-order valence-electron chi connectivity index (χ0n) is 18.7. The maximum atomic E-state index is 15.0. The summed E-state index contributed by atoms with van der Waals surface area (Å²) in [6.45, 7) is 1.19. The van der Waals surface area contributed by atoms with Gasteiger partial charge in [-0.2, -0.15) is 0 Å². The van der Waals surface area contributed by atoms with E-state index in [-0.39, 0.29) is 18.7 Å². The first kappa shape index (κ1) is 23.5. The highest BCUT2D eigenvalue weighted by Gasteiger charge is 2.36. The van der Waals surface area contributed by atoms with E-state index in [0.29, 0.717) is 31.2 Å².